The highest BCUT2D eigenvalue weighted by atomic mass is 16.5. The molecule has 0 aliphatic carbocycles. The Bertz CT molecular complexity index is 535. The van der Waals surface area contributed by atoms with Gasteiger partial charge < -0.3 is 4.74 Å². The standard InChI is InChI=1S/C15H15NO2/c1-11(2)18-14-8-4-3-7-13(14)15(17)12-6-5-9-16-10-12/h3-11H,1-2H3. The maximum absolute atomic E-state index is 12.3. The monoisotopic (exact) mass is 241 g/mol. The van der Waals surface area contributed by atoms with Crippen LogP contribution in [-0.4, -0.2) is 16.9 Å². The average Bonchev–Trinajstić information content (AvgIpc) is 2.39. The van der Waals surface area contributed by atoms with Crippen LogP contribution in [0, 0.1) is 0 Å². The van der Waals surface area contributed by atoms with Crippen molar-refractivity contribution in [3.05, 3.63) is 59.9 Å². The molecular weight excluding hydrogens is 226 g/mol. The van der Waals surface area contributed by atoms with E-state index in [4.69, 9.17) is 4.74 Å². The van der Waals surface area contributed by atoms with Gasteiger partial charge in [-0.1, -0.05) is 12.1 Å². The van der Waals surface area contributed by atoms with Gasteiger partial charge in [-0.25, -0.2) is 0 Å². The van der Waals surface area contributed by atoms with E-state index in [9.17, 15) is 4.79 Å². The van der Waals surface area contributed by atoms with Gasteiger partial charge in [-0.15, -0.1) is 0 Å². The van der Waals surface area contributed by atoms with Crippen LogP contribution in [0.25, 0.3) is 0 Å². The van der Waals surface area contributed by atoms with Gasteiger partial charge in [0.05, 0.1) is 11.7 Å². The Balaban J connectivity index is 2.36. The molecule has 0 aliphatic heterocycles. The first-order valence-electron chi connectivity index (χ1n) is 5.89. The second-order valence-electron chi connectivity index (χ2n) is 4.23. The maximum Gasteiger partial charge on any atom is 0.198 e. The average molecular weight is 241 g/mol. The van der Waals surface area contributed by atoms with E-state index in [1.54, 1.807) is 30.6 Å². The summed E-state index contributed by atoms with van der Waals surface area (Å²) in [7, 11) is 0. The Morgan fingerprint density at radius 2 is 1.94 bits per heavy atom. The highest BCUT2D eigenvalue weighted by molar-refractivity contribution is 6.10. The lowest BCUT2D eigenvalue weighted by molar-refractivity contribution is 0.103. The van der Waals surface area contributed by atoms with Crippen molar-refractivity contribution >= 4 is 5.78 Å². The number of rotatable bonds is 4. The molecule has 18 heavy (non-hydrogen) atoms. The van der Waals surface area contributed by atoms with Gasteiger partial charge in [-0.2, -0.15) is 0 Å². The van der Waals surface area contributed by atoms with Gasteiger partial charge in [-0.05, 0) is 38.1 Å². The summed E-state index contributed by atoms with van der Waals surface area (Å²) in [6.07, 6.45) is 3.25. The number of carbonyl (C=O) groups is 1. The molecule has 0 saturated heterocycles. The smallest absolute Gasteiger partial charge is 0.198 e. The van der Waals surface area contributed by atoms with Crippen LogP contribution < -0.4 is 4.74 Å². The van der Waals surface area contributed by atoms with Crippen LogP contribution in [0.3, 0.4) is 0 Å². The van der Waals surface area contributed by atoms with Crippen molar-refractivity contribution in [2.45, 2.75) is 20.0 Å². The number of ether oxygens (including phenoxy) is 1. The molecule has 92 valence electrons. The lowest BCUT2D eigenvalue weighted by atomic mass is 10.0. The molecule has 0 bridgehead atoms. The minimum absolute atomic E-state index is 0.0350. The maximum atomic E-state index is 12.3. The number of ketones is 1. The molecule has 1 aromatic heterocycles. The molecule has 0 N–H and O–H groups in total. The quantitative estimate of drug-likeness (QED) is 0.772. The van der Waals surface area contributed by atoms with Crippen molar-refractivity contribution in [1.29, 1.82) is 0 Å². The van der Waals surface area contributed by atoms with Gasteiger partial charge in [0.1, 0.15) is 5.75 Å². The zero-order chi connectivity index (χ0) is 13.0. The largest absolute Gasteiger partial charge is 0.490 e. The number of carbonyl (C=O) groups excluding carboxylic acids is 1. The van der Waals surface area contributed by atoms with E-state index < -0.39 is 0 Å². The Morgan fingerprint density at radius 1 is 1.17 bits per heavy atom. The van der Waals surface area contributed by atoms with Gasteiger partial charge >= 0.3 is 0 Å². The summed E-state index contributed by atoms with van der Waals surface area (Å²) in [5.74, 6) is 0.542. The van der Waals surface area contributed by atoms with Crippen molar-refractivity contribution in [1.82, 2.24) is 4.98 Å². The van der Waals surface area contributed by atoms with Crippen LogP contribution >= 0.6 is 0 Å². The summed E-state index contributed by atoms with van der Waals surface area (Å²) in [4.78, 5) is 16.3. The normalized spacial score (nSPS) is 10.4. The molecule has 0 atom stereocenters. The van der Waals surface area contributed by atoms with Crippen molar-refractivity contribution < 1.29 is 9.53 Å². The van der Waals surface area contributed by atoms with Crippen molar-refractivity contribution in [2.24, 2.45) is 0 Å². The molecule has 0 spiro atoms. The molecule has 0 fully saturated rings. The molecule has 0 radical (unpaired) electrons. The van der Waals surface area contributed by atoms with Gasteiger partial charge in [0.15, 0.2) is 5.78 Å². The summed E-state index contributed by atoms with van der Waals surface area (Å²) in [6.45, 7) is 3.87. The van der Waals surface area contributed by atoms with E-state index >= 15 is 0 Å². The van der Waals surface area contributed by atoms with E-state index in [2.05, 4.69) is 4.98 Å². The highest BCUT2D eigenvalue weighted by Crippen LogP contribution is 2.22. The third-order valence-electron chi connectivity index (χ3n) is 2.42. The molecule has 0 unspecified atom stereocenters. The molecule has 0 aliphatic rings. The van der Waals surface area contributed by atoms with Crippen LogP contribution in [0.5, 0.6) is 5.75 Å². The SMILES string of the molecule is CC(C)Oc1ccccc1C(=O)c1cccnc1. The summed E-state index contributed by atoms with van der Waals surface area (Å²) < 4.78 is 5.65. The lowest BCUT2D eigenvalue weighted by Crippen LogP contribution is -2.10. The molecule has 3 nitrogen and oxygen atoms in total. The van der Waals surface area contributed by atoms with Crippen LogP contribution in [-0.2, 0) is 0 Å². The number of nitrogens with zero attached hydrogens (tertiary/aromatic N) is 1. The van der Waals surface area contributed by atoms with Gasteiger partial charge in [-0.3, -0.25) is 9.78 Å². The first-order valence-corrected chi connectivity index (χ1v) is 5.89. The minimum Gasteiger partial charge on any atom is -0.490 e. The van der Waals surface area contributed by atoms with E-state index in [0.717, 1.165) is 0 Å². The molecule has 0 amide bonds. The first kappa shape index (κ1) is 12.3. The van der Waals surface area contributed by atoms with Crippen LogP contribution in [0.1, 0.15) is 29.8 Å². The second-order valence-corrected chi connectivity index (χ2v) is 4.23. The van der Waals surface area contributed by atoms with E-state index in [-0.39, 0.29) is 11.9 Å². The summed E-state index contributed by atoms with van der Waals surface area (Å²) >= 11 is 0. The number of hydrogen-bond acceptors (Lipinski definition) is 3. The Labute approximate surface area is 106 Å². The van der Waals surface area contributed by atoms with E-state index in [0.29, 0.717) is 16.9 Å². The molecule has 0 saturated carbocycles. The Kier molecular flexibility index (Phi) is 3.72. The zero-order valence-corrected chi connectivity index (χ0v) is 10.5. The third kappa shape index (κ3) is 2.74. The Morgan fingerprint density at radius 3 is 2.61 bits per heavy atom. The van der Waals surface area contributed by atoms with Gasteiger partial charge in [0.25, 0.3) is 0 Å². The van der Waals surface area contributed by atoms with Crippen LogP contribution in [0.2, 0.25) is 0 Å². The second kappa shape index (κ2) is 5.45. The number of aromatic nitrogens is 1. The van der Waals surface area contributed by atoms with Gasteiger partial charge in [0.2, 0.25) is 0 Å². The van der Waals surface area contributed by atoms with Crippen LogP contribution in [0.4, 0.5) is 0 Å². The minimum atomic E-state index is -0.0700. The summed E-state index contributed by atoms with van der Waals surface area (Å²) in [5, 5.41) is 0. The van der Waals surface area contributed by atoms with E-state index in [1.165, 1.54) is 0 Å². The summed E-state index contributed by atoms with van der Waals surface area (Å²) in [5.41, 5.74) is 1.14. The Hall–Kier alpha value is -2.16. The fourth-order valence-corrected chi connectivity index (χ4v) is 1.66. The summed E-state index contributed by atoms with van der Waals surface area (Å²) in [6, 6.07) is 10.8. The number of para-hydroxylation sites is 1. The predicted octanol–water partition coefficient (Wildman–Crippen LogP) is 3.10. The fourth-order valence-electron chi connectivity index (χ4n) is 1.66. The molecular formula is C15H15NO2. The predicted molar refractivity (Wildman–Crippen MR) is 69.9 cm³/mol. The number of hydrogen-bond donors (Lipinski definition) is 0. The van der Waals surface area contributed by atoms with Crippen molar-refractivity contribution in [3.63, 3.8) is 0 Å². The van der Waals surface area contributed by atoms with Crippen molar-refractivity contribution in [3.8, 4) is 5.75 Å². The zero-order valence-electron chi connectivity index (χ0n) is 10.5. The topological polar surface area (TPSA) is 39.2 Å². The van der Waals surface area contributed by atoms with Crippen molar-refractivity contribution in [2.75, 3.05) is 0 Å². The van der Waals surface area contributed by atoms with Crippen LogP contribution in [0.15, 0.2) is 48.8 Å². The molecule has 1 aromatic carbocycles. The fraction of sp³-hybridized carbons (Fsp3) is 0.200. The highest BCUT2D eigenvalue weighted by Gasteiger charge is 2.14. The lowest BCUT2D eigenvalue weighted by Gasteiger charge is -2.13. The third-order valence-corrected chi connectivity index (χ3v) is 2.42. The molecule has 2 aromatic rings. The molecule has 1 heterocycles. The number of benzene rings is 1. The number of pyridine rings is 1. The first-order chi connectivity index (χ1) is 8.68. The van der Waals surface area contributed by atoms with Gasteiger partial charge in [0, 0.05) is 18.0 Å². The van der Waals surface area contributed by atoms with E-state index in [1.807, 2.05) is 32.0 Å². The molecule has 3 heteroatoms. The molecule has 2 rings (SSSR count).